The van der Waals surface area contributed by atoms with Crippen molar-refractivity contribution in [2.75, 3.05) is 11.9 Å². The van der Waals surface area contributed by atoms with Crippen molar-refractivity contribution in [1.82, 2.24) is 14.7 Å². The van der Waals surface area contributed by atoms with Gasteiger partial charge in [-0.1, -0.05) is 12.1 Å². The van der Waals surface area contributed by atoms with Crippen LogP contribution in [0.15, 0.2) is 60.8 Å². The first-order valence-electron chi connectivity index (χ1n) is 10.2. The molecule has 0 saturated carbocycles. The molecule has 2 amide bonds. The summed E-state index contributed by atoms with van der Waals surface area (Å²) in [6.07, 6.45) is 3.90. The van der Waals surface area contributed by atoms with Crippen LogP contribution in [0.2, 0.25) is 0 Å². The number of halogens is 1. The first kappa shape index (κ1) is 20.6. The molecule has 0 aliphatic carbocycles. The zero-order chi connectivity index (χ0) is 21.8. The topological polar surface area (TPSA) is 76.5 Å². The van der Waals surface area contributed by atoms with Crippen LogP contribution < -0.4 is 10.1 Å². The summed E-state index contributed by atoms with van der Waals surface area (Å²) in [4.78, 5) is 27.5. The average molecular weight is 422 g/mol. The molecule has 1 aromatic heterocycles. The number of likely N-dealkylation sites (tertiary alicyclic amines) is 1. The molecule has 4 rings (SSSR count). The number of hydrogen-bond acceptors (Lipinski definition) is 4. The van der Waals surface area contributed by atoms with E-state index < -0.39 is 11.9 Å². The summed E-state index contributed by atoms with van der Waals surface area (Å²) >= 11 is 0. The van der Waals surface area contributed by atoms with Gasteiger partial charge in [-0.25, -0.2) is 4.39 Å². The smallest absolute Gasteiger partial charge is 0.272 e. The Kier molecular flexibility index (Phi) is 5.97. The third kappa shape index (κ3) is 4.58. The molecule has 1 aliphatic heterocycles. The molecule has 0 spiro atoms. The quantitative estimate of drug-likeness (QED) is 0.675. The number of rotatable bonds is 5. The Balaban J connectivity index is 1.43. The highest BCUT2D eigenvalue weighted by Gasteiger charge is 2.33. The van der Waals surface area contributed by atoms with Gasteiger partial charge < -0.3 is 15.0 Å². The molecule has 0 radical (unpaired) electrons. The summed E-state index contributed by atoms with van der Waals surface area (Å²) in [5, 5.41) is 6.92. The highest BCUT2D eigenvalue weighted by Crippen LogP contribution is 2.26. The van der Waals surface area contributed by atoms with Crippen molar-refractivity contribution in [3.05, 3.63) is 72.3 Å². The largest absolute Gasteiger partial charge is 0.454 e. The molecule has 31 heavy (non-hydrogen) atoms. The molecule has 1 atom stereocenters. The number of aromatic nitrogens is 2. The van der Waals surface area contributed by atoms with E-state index in [9.17, 15) is 14.0 Å². The first-order valence-corrected chi connectivity index (χ1v) is 10.2. The van der Waals surface area contributed by atoms with E-state index in [1.54, 1.807) is 66.7 Å². The minimum absolute atomic E-state index is 0.130. The van der Waals surface area contributed by atoms with Crippen LogP contribution in [0.1, 0.15) is 29.8 Å². The van der Waals surface area contributed by atoms with Gasteiger partial charge in [-0.3, -0.25) is 14.3 Å². The number of nitrogens with zero attached hydrogens (tertiary/aromatic N) is 3. The monoisotopic (exact) mass is 422 g/mol. The van der Waals surface area contributed by atoms with Gasteiger partial charge in [0.1, 0.15) is 17.5 Å². The summed E-state index contributed by atoms with van der Waals surface area (Å²) in [7, 11) is 1.71. The molecule has 160 valence electrons. The number of aryl methyl sites for hydroxylation is 1. The Morgan fingerprint density at radius 2 is 1.87 bits per heavy atom. The molecule has 3 aromatic rings. The highest BCUT2D eigenvalue weighted by molar-refractivity contribution is 6.00. The number of carbonyl (C=O) groups excluding carboxylic acids is 2. The van der Waals surface area contributed by atoms with Crippen molar-refractivity contribution in [2.24, 2.45) is 7.05 Å². The summed E-state index contributed by atoms with van der Waals surface area (Å²) in [6, 6.07) is 13.9. The summed E-state index contributed by atoms with van der Waals surface area (Å²) in [6.45, 7) is 0.525. The lowest BCUT2D eigenvalue weighted by Crippen LogP contribution is -2.50. The number of anilines is 1. The molecular formula is C23H23FN4O3. The lowest BCUT2D eigenvalue weighted by Gasteiger charge is -2.34. The zero-order valence-electron chi connectivity index (χ0n) is 17.1. The molecule has 1 unspecified atom stereocenters. The first-order chi connectivity index (χ1) is 15.0. The zero-order valence-corrected chi connectivity index (χ0v) is 17.1. The molecule has 0 bridgehead atoms. The van der Waals surface area contributed by atoms with Crippen LogP contribution >= 0.6 is 0 Å². The van der Waals surface area contributed by atoms with E-state index in [0.717, 1.165) is 12.8 Å². The van der Waals surface area contributed by atoms with Crippen molar-refractivity contribution in [1.29, 1.82) is 0 Å². The summed E-state index contributed by atoms with van der Waals surface area (Å²) in [5.74, 6) is -0.304. The van der Waals surface area contributed by atoms with Crippen molar-refractivity contribution in [3.8, 4) is 11.5 Å². The number of para-hydroxylation sites is 1. The fraction of sp³-hybridized carbons (Fsp3) is 0.261. The van der Waals surface area contributed by atoms with Gasteiger partial charge in [0.15, 0.2) is 11.6 Å². The normalized spacial score (nSPS) is 16.1. The summed E-state index contributed by atoms with van der Waals surface area (Å²) < 4.78 is 20.8. The van der Waals surface area contributed by atoms with E-state index in [1.807, 2.05) is 0 Å². The Hall–Kier alpha value is -3.68. The maximum atomic E-state index is 13.7. The maximum Gasteiger partial charge on any atom is 0.272 e. The minimum Gasteiger partial charge on any atom is -0.454 e. The van der Waals surface area contributed by atoms with Gasteiger partial charge in [0, 0.05) is 25.5 Å². The van der Waals surface area contributed by atoms with Crippen molar-refractivity contribution >= 4 is 17.5 Å². The number of nitrogens with one attached hydrogen (secondary N) is 1. The van der Waals surface area contributed by atoms with Crippen molar-refractivity contribution in [3.63, 3.8) is 0 Å². The third-order valence-electron chi connectivity index (χ3n) is 5.29. The molecule has 2 heterocycles. The molecule has 1 saturated heterocycles. The van der Waals surface area contributed by atoms with E-state index in [0.29, 0.717) is 30.1 Å². The second-order valence-electron chi connectivity index (χ2n) is 7.40. The molecule has 1 N–H and O–H groups in total. The van der Waals surface area contributed by atoms with E-state index in [1.165, 1.54) is 10.7 Å². The molecule has 2 aromatic carbocycles. The Labute approximate surface area is 179 Å². The Morgan fingerprint density at radius 3 is 2.58 bits per heavy atom. The van der Waals surface area contributed by atoms with Gasteiger partial charge in [0.05, 0.1) is 0 Å². The fourth-order valence-electron chi connectivity index (χ4n) is 3.66. The SMILES string of the molecule is Cn1nccc1C(=O)N1CCCCC1C(=O)Nc1ccc(Oc2ccccc2F)cc1. The molecule has 7 nitrogen and oxygen atoms in total. The molecule has 8 heteroatoms. The van der Waals surface area contributed by atoms with Gasteiger partial charge in [0.2, 0.25) is 5.91 Å². The van der Waals surface area contributed by atoms with Crippen LogP contribution in [0, 0.1) is 5.82 Å². The van der Waals surface area contributed by atoms with Crippen LogP contribution in [-0.2, 0) is 11.8 Å². The number of hydrogen-bond donors (Lipinski definition) is 1. The second-order valence-corrected chi connectivity index (χ2v) is 7.40. The Bertz CT molecular complexity index is 1080. The second kappa shape index (κ2) is 8.99. The van der Waals surface area contributed by atoms with Gasteiger partial charge in [0.25, 0.3) is 5.91 Å². The Morgan fingerprint density at radius 1 is 1.10 bits per heavy atom. The predicted molar refractivity (Wildman–Crippen MR) is 113 cm³/mol. The van der Waals surface area contributed by atoms with Crippen molar-refractivity contribution in [2.45, 2.75) is 25.3 Å². The molecule has 1 fully saturated rings. The number of amides is 2. The number of piperidine rings is 1. The third-order valence-corrected chi connectivity index (χ3v) is 5.29. The highest BCUT2D eigenvalue weighted by atomic mass is 19.1. The van der Waals surface area contributed by atoms with Gasteiger partial charge in [-0.2, -0.15) is 5.10 Å². The number of ether oxygens (including phenoxy) is 1. The maximum absolute atomic E-state index is 13.7. The van der Waals surface area contributed by atoms with E-state index in [4.69, 9.17) is 4.74 Å². The van der Waals surface area contributed by atoms with Crippen molar-refractivity contribution < 1.29 is 18.7 Å². The lowest BCUT2D eigenvalue weighted by molar-refractivity contribution is -0.121. The average Bonchev–Trinajstić information content (AvgIpc) is 3.22. The van der Waals surface area contributed by atoms with E-state index in [2.05, 4.69) is 10.4 Å². The van der Waals surface area contributed by atoms with Crippen LogP contribution in [-0.4, -0.2) is 39.1 Å². The molecular weight excluding hydrogens is 399 g/mol. The van der Waals surface area contributed by atoms with Gasteiger partial charge >= 0.3 is 0 Å². The van der Waals surface area contributed by atoms with Gasteiger partial charge in [-0.05, 0) is 61.7 Å². The predicted octanol–water partition coefficient (Wildman–Crippen LogP) is 3.98. The standard InChI is InChI=1S/C23H23FN4O3/c1-27-20(13-14-25-27)23(30)28-15-5-4-7-19(28)22(29)26-16-9-11-17(12-10-16)31-21-8-3-2-6-18(21)24/h2-3,6,8-14,19H,4-5,7,15H2,1H3,(H,26,29). The van der Waals surface area contributed by atoms with E-state index in [-0.39, 0.29) is 17.6 Å². The van der Waals surface area contributed by atoms with Crippen LogP contribution in [0.25, 0.3) is 0 Å². The summed E-state index contributed by atoms with van der Waals surface area (Å²) in [5.41, 5.74) is 1.03. The fourth-order valence-corrected chi connectivity index (χ4v) is 3.66. The number of benzene rings is 2. The minimum atomic E-state index is -0.550. The van der Waals surface area contributed by atoms with Crippen LogP contribution in [0.5, 0.6) is 11.5 Å². The lowest BCUT2D eigenvalue weighted by atomic mass is 10.0. The van der Waals surface area contributed by atoms with E-state index >= 15 is 0 Å². The number of carbonyl (C=O) groups is 2. The van der Waals surface area contributed by atoms with Gasteiger partial charge in [-0.15, -0.1) is 0 Å². The van der Waals surface area contributed by atoms with Crippen LogP contribution in [0.3, 0.4) is 0 Å². The molecule has 1 aliphatic rings. The van der Waals surface area contributed by atoms with Crippen LogP contribution in [0.4, 0.5) is 10.1 Å².